The second-order valence-electron chi connectivity index (χ2n) is 5.47. The van der Waals surface area contributed by atoms with Gasteiger partial charge in [-0.3, -0.25) is 0 Å². The normalized spacial score (nSPS) is 14.4. The molecule has 112 valence electrons. The quantitative estimate of drug-likeness (QED) is 0.858. The molecule has 0 saturated heterocycles. The maximum Gasteiger partial charge on any atom is 0.140 e. The van der Waals surface area contributed by atoms with E-state index in [2.05, 4.69) is 32.5 Å². The van der Waals surface area contributed by atoms with E-state index in [-0.39, 0.29) is 0 Å². The molecular formula is C16H19BrN2O2. The van der Waals surface area contributed by atoms with E-state index in [9.17, 15) is 0 Å². The van der Waals surface area contributed by atoms with Crippen molar-refractivity contribution in [3.8, 4) is 5.75 Å². The van der Waals surface area contributed by atoms with Gasteiger partial charge in [0, 0.05) is 18.2 Å². The summed E-state index contributed by atoms with van der Waals surface area (Å²) >= 11 is 3.58. The molecule has 1 heterocycles. The summed E-state index contributed by atoms with van der Waals surface area (Å²) in [6, 6.07) is 6.82. The van der Waals surface area contributed by atoms with Gasteiger partial charge in [0.25, 0.3) is 0 Å². The van der Waals surface area contributed by atoms with Gasteiger partial charge in [-0.15, -0.1) is 0 Å². The Morgan fingerprint density at radius 1 is 1.38 bits per heavy atom. The van der Waals surface area contributed by atoms with Crippen LogP contribution in [-0.4, -0.2) is 11.2 Å². The topological polar surface area (TPSA) is 47.3 Å². The van der Waals surface area contributed by atoms with E-state index in [0.29, 0.717) is 12.6 Å². The Morgan fingerprint density at radius 2 is 2.19 bits per heavy atom. The second kappa shape index (κ2) is 6.20. The molecule has 21 heavy (non-hydrogen) atoms. The van der Waals surface area contributed by atoms with Crippen LogP contribution in [0, 0.1) is 13.8 Å². The standard InChI is InChI=1S/C16H19BrN2O2/c1-10-14(11(2)21-19-10)9-20-16-12(4-3-5-15(16)17)8-18-13-6-7-13/h3-5,13,18H,6-9H2,1-2H3. The summed E-state index contributed by atoms with van der Waals surface area (Å²) in [7, 11) is 0. The number of halogens is 1. The van der Waals surface area contributed by atoms with E-state index in [1.165, 1.54) is 18.4 Å². The fourth-order valence-electron chi connectivity index (χ4n) is 2.25. The van der Waals surface area contributed by atoms with Crippen molar-refractivity contribution < 1.29 is 9.26 Å². The van der Waals surface area contributed by atoms with E-state index in [1.807, 2.05) is 26.0 Å². The average molecular weight is 351 g/mol. The summed E-state index contributed by atoms with van der Waals surface area (Å²) in [6.45, 7) is 5.15. The van der Waals surface area contributed by atoms with Crippen LogP contribution in [0.4, 0.5) is 0 Å². The first-order chi connectivity index (χ1) is 10.1. The summed E-state index contributed by atoms with van der Waals surface area (Å²) in [5, 5.41) is 7.49. The van der Waals surface area contributed by atoms with Crippen molar-refractivity contribution in [3.63, 3.8) is 0 Å². The first-order valence-corrected chi connectivity index (χ1v) is 7.99. The molecule has 3 rings (SSSR count). The largest absolute Gasteiger partial charge is 0.487 e. The molecule has 0 spiro atoms. The highest BCUT2D eigenvalue weighted by molar-refractivity contribution is 9.10. The van der Waals surface area contributed by atoms with Gasteiger partial charge in [-0.2, -0.15) is 0 Å². The van der Waals surface area contributed by atoms with Crippen LogP contribution in [0.3, 0.4) is 0 Å². The van der Waals surface area contributed by atoms with E-state index in [1.54, 1.807) is 0 Å². The Labute approximate surface area is 133 Å². The monoisotopic (exact) mass is 350 g/mol. The second-order valence-corrected chi connectivity index (χ2v) is 6.33. The van der Waals surface area contributed by atoms with Gasteiger partial charge in [0.1, 0.15) is 18.1 Å². The number of rotatable bonds is 6. The average Bonchev–Trinajstić information content (AvgIpc) is 3.24. The van der Waals surface area contributed by atoms with Crippen LogP contribution in [0.25, 0.3) is 0 Å². The molecule has 1 aliphatic carbocycles. The number of hydrogen-bond donors (Lipinski definition) is 1. The van der Waals surface area contributed by atoms with E-state index < -0.39 is 0 Å². The SMILES string of the molecule is Cc1noc(C)c1COc1c(Br)cccc1CNC1CC1. The van der Waals surface area contributed by atoms with Crippen LogP contribution in [0.15, 0.2) is 27.2 Å². The highest BCUT2D eigenvalue weighted by Gasteiger charge is 2.21. The number of aromatic nitrogens is 1. The highest BCUT2D eigenvalue weighted by atomic mass is 79.9. The summed E-state index contributed by atoms with van der Waals surface area (Å²) in [5.74, 6) is 1.71. The molecule has 0 atom stereocenters. The molecule has 1 aromatic heterocycles. The summed E-state index contributed by atoms with van der Waals surface area (Å²) < 4.78 is 12.2. The molecule has 0 unspecified atom stereocenters. The first-order valence-electron chi connectivity index (χ1n) is 7.20. The van der Waals surface area contributed by atoms with Crippen LogP contribution in [0.5, 0.6) is 5.75 Å². The summed E-state index contributed by atoms with van der Waals surface area (Å²) in [6.07, 6.45) is 2.56. The minimum atomic E-state index is 0.472. The fraction of sp³-hybridized carbons (Fsp3) is 0.438. The smallest absolute Gasteiger partial charge is 0.140 e. The molecule has 1 fully saturated rings. The van der Waals surface area contributed by atoms with Crippen molar-refractivity contribution >= 4 is 15.9 Å². The molecule has 0 radical (unpaired) electrons. The van der Waals surface area contributed by atoms with Crippen molar-refractivity contribution in [2.75, 3.05) is 0 Å². The Balaban J connectivity index is 1.73. The maximum atomic E-state index is 6.04. The zero-order chi connectivity index (χ0) is 14.8. The molecule has 0 bridgehead atoms. The summed E-state index contributed by atoms with van der Waals surface area (Å²) in [4.78, 5) is 0. The predicted octanol–water partition coefficient (Wildman–Crippen LogP) is 3.88. The number of nitrogens with zero attached hydrogens (tertiary/aromatic N) is 1. The lowest BCUT2D eigenvalue weighted by molar-refractivity contribution is 0.296. The van der Waals surface area contributed by atoms with Crippen molar-refractivity contribution in [3.05, 3.63) is 45.3 Å². The first kappa shape index (κ1) is 14.6. The number of ether oxygens (including phenoxy) is 1. The Kier molecular flexibility index (Phi) is 4.31. The molecule has 1 N–H and O–H groups in total. The molecule has 4 nitrogen and oxygen atoms in total. The van der Waals surface area contributed by atoms with Gasteiger partial charge in [-0.1, -0.05) is 17.3 Å². The number of para-hydroxylation sites is 1. The Morgan fingerprint density at radius 3 is 2.86 bits per heavy atom. The number of hydrogen-bond acceptors (Lipinski definition) is 4. The van der Waals surface area contributed by atoms with Gasteiger partial charge in [0.15, 0.2) is 0 Å². The van der Waals surface area contributed by atoms with E-state index >= 15 is 0 Å². The van der Waals surface area contributed by atoms with Crippen LogP contribution in [0.2, 0.25) is 0 Å². The minimum Gasteiger partial charge on any atom is -0.487 e. The van der Waals surface area contributed by atoms with Crippen LogP contribution in [-0.2, 0) is 13.2 Å². The molecular weight excluding hydrogens is 332 g/mol. The third-order valence-corrected chi connectivity index (χ3v) is 4.37. The number of benzene rings is 1. The van der Waals surface area contributed by atoms with Gasteiger partial charge < -0.3 is 14.6 Å². The van der Waals surface area contributed by atoms with Crippen LogP contribution < -0.4 is 10.1 Å². The van der Waals surface area contributed by atoms with Crippen LogP contribution >= 0.6 is 15.9 Å². The van der Waals surface area contributed by atoms with Crippen molar-refractivity contribution in [2.45, 2.75) is 45.9 Å². The summed E-state index contributed by atoms with van der Waals surface area (Å²) in [5.41, 5.74) is 3.08. The highest BCUT2D eigenvalue weighted by Crippen LogP contribution is 2.31. The Bertz CT molecular complexity index is 616. The minimum absolute atomic E-state index is 0.472. The lowest BCUT2D eigenvalue weighted by Gasteiger charge is -2.14. The molecule has 2 aromatic rings. The van der Waals surface area contributed by atoms with Gasteiger partial charge in [0.2, 0.25) is 0 Å². The van der Waals surface area contributed by atoms with Crippen molar-refractivity contribution in [1.29, 1.82) is 0 Å². The number of aryl methyl sites for hydroxylation is 2. The van der Waals surface area contributed by atoms with E-state index in [4.69, 9.17) is 9.26 Å². The molecule has 1 aliphatic rings. The maximum absolute atomic E-state index is 6.04. The molecule has 0 aliphatic heterocycles. The van der Waals surface area contributed by atoms with Gasteiger partial charge in [-0.05, 0) is 48.7 Å². The zero-order valence-corrected chi connectivity index (χ0v) is 13.9. The van der Waals surface area contributed by atoms with Crippen molar-refractivity contribution in [2.24, 2.45) is 0 Å². The number of nitrogens with one attached hydrogen (secondary N) is 1. The molecule has 5 heteroatoms. The Hall–Kier alpha value is -1.33. The third kappa shape index (κ3) is 3.47. The molecule has 1 aromatic carbocycles. The van der Waals surface area contributed by atoms with Gasteiger partial charge in [-0.25, -0.2) is 0 Å². The van der Waals surface area contributed by atoms with Gasteiger partial charge in [0.05, 0.1) is 15.7 Å². The van der Waals surface area contributed by atoms with E-state index in [0.717, 1.165) is 33.8 Å². The van der Waals surface area contributed by atoms with Crippen LogP contribution in [0.1, 0.15) is 35.4 Å². The van der Waals surface area contributed by atoms with Crippen molar-refractivity contribution in [1.82, 2.24) is 10.5 Å². The predicted molar refractivity (Wildman–Crippen MR) is 84.3 cm³/mol. The third-order valence-electron chi connectivity index (χ3n) is 3.75. The lowest BCUT2D eigenvalue weighted by atomic mass is 10.2. The zero-order valence-electron chi connectivity index (χ0n) is 12.3. The fourth-order valence-corrected chi connectivity index (χ4v) is 2.77. The lowest BCUT2D eigenvalue weighted by Crippen LogP contribution is -2.16. The molecule has 1 saturated carbocycles. The van der Waals surface area contributed by atoms with Gasteiger partial charge >= 0.3 is 0 Å². The molecule has 0 amide bonds.